The number of rotatable bonds is 8. The fourth-order valence-corrected chi connectivity index (χ4v) is 2.70. The first-order valence-electron chi connectivity index (χ1n) is 8.85. The summed E-state index contributed by atoms with van der Waals surface area (Å²) < 4.78 is 13.0. The summed E-state index contributed by atoms with van der Waals surface area (Å²) in [6, 6.07) is 5.25. The molecular formula is C19H25N3O3. The molecule has 2 aromatic rings. The van der Waals surface area contributed by atoms with Gasteiger partial charge in [0.05, 0.1) is 19.4 Å². The fraction of sp³-hybridized carbons (Fsp3) is 0.474. The molecule has 1 saturated carbocycles. The molecule has 0 saturated heterocycles. The van der Waals surface area contributed by atoms with Gasteiger partial charge in [0.25, 0.3) is 5.91 Å². The average Bonchev–Trinajstić information content (AvgIpc) is 3.36. The predicted octanol–water partition coefficient (Wildman–Crippen LogP) is 3.65. The Morgan fingerprint density at radius 3 is 2.64 bits per heavy atom. The Labute approximate surface area is 148 Å². The van der Waals surface area contributed by atoms with Gasteiger partial charge in [0.1, 0.15) is 5.82 Å². The minimum Gasteiger partial charge on any atom is -0.490 e. The lowest BCUT2D eigenvalue weighted by Crippen LogP contribution is -2.17. The van der Waals surface area contributed by atoms with Gasteiger partial charge in [0.15, 0.2) is 11.5 Å². The van der Waals surface area contributed by atoms with Crippen LogP contribution in [0.15, 0.2) is 24.4 Å². The lowest BCUT2D eigenvalue weighted by atomic mass is 10.2. The molecule has 0 spiro atoms. The second-order valence-electron chi connectivity index (χ2n) is 6.28. The van der Waals surface area contributed by atoms with E-state index in [1.54, 1.807) is 24.4 Å². The third-order valence-corrected chi connectivity index (χ3v) is 4.19. The maximum absolute atomic E-state index is 12.7. The molecule has 0 unspecified atom stereocenters. The van der Waals surface area contributed by atoms with Crippen LogP contribution in [0.1, 0.15) is 42.6 Å². The molecule has 0 aliphatic heterocycles. The highest BCUT2D eigenvalue weighted by molar-refractivity contribution is 6.04. The van der Waals surface area contributed by atoms with Crippen molar-refractivity contribution in [1.29, 1.82) is 0 Å². The molecule has 0 atom stereocenters. The highest BCUT2D eigenvalue weighted by Crippen LogP contribution is 2.32. The SMILES string of the molecule is CCOc1ccc(C(=O)Nc2c(C)cnn2CC2CC2)cc1OCC. The van der Waals surface area contributed by atoms with Crippen LogP contribution in [0.3, 0.4) is 0 Å². The normalized spacial score (nSPS) is 13.6. The highest BCUT2D eigenvalue weighted by atomic mass is 16.5. The van der Waals surface area contributed by atoms with E-state index in [1.807, 2.05) is 25.5 Å². The van der Waals surface area contributed by atoms with Gasteiger partial charge in [-0.2, -0.15) is 5.10 Å². The second-order valence-corrected chi connectivity index (χ2v) is 6.28. The van der Waals surface area contributed by atoms with Crippen LogP contribution in [-0.4, -0.2) is 28.9 Å². The zero-order valence-electron chi connectivity index (χ0n) is 15.0. The molecule has 1 heterocycles. The number of hydrogen-bond acceptors (Lipinski definition) is 4. The molecule has 6 nitrogen and oxygen atoms in total. The maximum Gasteiger partial charge on any atom is 0.256 e. The van der Waals surface area contributed by atoms with E-state index in [4.69, 9.17) is 9.47 Å². The van der Waals surface area contributed by atoms with E-state index in [0.29, 0.717) is 36.2 Å². The highest BCUT2D eigenvalue weighted by Gasteiger charge is 2.24. The molecule has 134 valence electrons. The number of nitrogens with one attached hydrogen (secondary N) is 1. The van der Waals surface area contributed by atoms with Gasteiger partial charge in [0.2, 0.25) is 0 Å². The first-order chi connectivity index (χ1) is 12.1. The van der Waals surface area contributed by atoms with Crippen molar-refractivity contribution in [2.45, 2.75) is 40.2 Å². The summed E-state index contributed by atoms with van der Waals surface area (Å²) in [6.07, 6.45) is 4.27. The second kappa shape index (κ2) is 7.59. The molecule has 1 aliphatic rings. The predicted molar refractivity (Wildman–Crippen MR) is 96.4 cm³/mol. The molecule has 1 aliphatic carbocycles. The number of carbonyl (C=O) groups excluding carboxylic acids is 1. The third-order valence-electron chi connectivity index (χ3n) is 4.19. The van der Waals surface area contributed by atoms with E-state index >= 15 is 0 Å². The van der Waals surface area contributed by atoms with E-state index in [0.717, 1.165) is 17.9 Å². The summed E-state index contributed by atoms with van der Waals surface area (Å²) in [5.74, 6) is 2.51. The molecule has 1 fully saturated rings. The van der Waals surface area contributed by atoms with Gasteiger partial charge < -0.3 is 14.8 Å². The molecule has 1 aromatic heterocycles. The van der Waals surface area contributed by atoms with Gasteiger partial charge in [-0.05, 0) is 57.7 Å². The number of ether oxygens (including phenoxy) is 2. The zero-order chi connectivity index (χ0) is 17.8. The summed E-state index contributed by atoms with van der Waals surface area (Å²) in [4.78, 5) is 12.7. The number of amides is 1. The van der Waals surface area contributed by atoms with Crippen molar-refractivity contribution in [1.82, 2.24) is 9.78 Å². The molecule has 1 amide bonds. The van der Waals surface area contributed by atoms with Crippen LogP contribution in [0.4, 0.5) is 5.82 Å². The first kappa shape index (κ1) is 17.3. The largest absolute Gasteiger partial charge is 0.490 e. The number of aryl methyl sites for hydroxylation is 1. The first-order valence-corrected chi connectivity index (χ1v) is 8.85. The molecule has 3 rings (SSSR count). The topological polar surface area (TPSA) is 65.4 Å². The monoisotopic (exact) mass is 343 g/mol. The summed E-state index contributed by atoms with van der Waals surface area (Å²) in [5, 5.41) is 7.38. The maximum atomic E-state index is 12.7. The van der Waals surface area contributed by atoms with Crippen molar-refractivity contribution in [2.75, 3.05) is 18.5 Å². The molecule has 0 bridgehead atoms. The van der Waals surface area contributed by atoms with Crippen molar-refractivity contribution >= 4 is 11.7 Å². The molecule has 25 heavy (non-hydrogen) atoms. The van der Waals surface area contributed by atoms with E-state index < -0.39 is 0 Å². The van der Waals surface area contributed by atoms with Crippen molar-refractivity contribution in [3.63, 3.8) is 0 Å². The Hall–Kier alpha value is -2.50. The Morgan fingerprint density at radius 2 is 1.96 bits per heavy atom. The Balaban J connectivity index is 1.79. The van der Waals surface area contributed by atoms with Crippen molar-refractivity contribution in [3.8, 4) is 11.5 Å². The van der Waals surface area contributed by atoms with Crippen LogP contribution < -0.4 is 14.8 Å². The van der Waals surface area contributed by atoms with Crippen molar-refractivity contribution in [2.24, 2.45) is 5.92 Å². The summed E-state index contributed by atoms with van der Waals surface area (Å²) in [5.41, 5.74) is 1.50. The van der Waals surface area contributed by atoms with Gasteiger partial charge >= 0.3 is 0 Å². The summed E-state index contributed by atoms with van der Waals surface area (Å²) >= 11 is 0. The summed E-state index contributed by atoms with van der Waals surface area (Å²) in [7, 11) is 0. The van der Waals surface area contributed by atoms with Crippen molar-refractivity contribution < 1.29 is 14.3 Å². The van der Waals surface area contributed by atoms with Crippen LogP contribution in [0.2, 0.25) is 0 Å². The summed E-state index contributed by atoms with van der Waals surface area (Å²) in [6.45, 7) is 7.69. The molecule has 6 heteroatoms. The fourth-order valence-electron chi connectivity index (χ4n) is 2.70. The van der Waals surface area contributed by atoms with E-state index in [9.17, 15) is 4.79 Å². The number of aromatic nitrogens is 2. The minimum absolute atomic E-state index is 0.176. The number of hydrogen-bond donors (Lipinski definition) is 1. The van der Waals surface area contributed by atoms with Crippen molar-refractivity contribution in [3.05, 3.63) is 35.5 Å². The van der Waals surface area contributed by atoms with Gasteiger partial charge in [0, 0.05) is 17.7 Å². The molecule has 1 N–H and O–H groups in total. The van der Waals surface area contributed by atoms with Gasteiger partial charge in [-0.3, -0.25) is 4.79 Å². The number of carbonyl (C=O) groups is 1. The lowest BCUT2D eigenvalue weighted by Gasteiger charge is -2.13. The number of nitrogens with zero attached hydrogens (tertiary/aromatic N) is 2. The van der Waals surface area contributed by atoms with Gasteiger partial charge in [-0.15, -0.1) is 0 Å². The third kappa shape index (κ3) is 4.13. The lowest BCUT2D eigenvalue weighted by molar-refractivity contribution is 0.102. The Morgan fingerprint density at radius 1 is 1.24 bits per heavy atom. The minimum atomic E-state index is -0.176. The number of anilines is 1. The zero-order valence-corrected chi connectivity index (χ0v) is 15.0. The van der Waals surface area contributed by atoms with Crippen LogP contribution in [0, 0.1) is 12.8 Å². The standard InChI is InChI=1S/C19H25N3O3/c1-4-24-16-9-8-15(10-17(16)25-5-2)19(23)21-18-13(3)11-20-22(18)12-14-6-7-14/h8-11,14H,4-7,12H2,1-3H3,(H,21,23). The van der Waals surface area contributed by atoms with Crippen LogP contribution in [0.5, 0.6) is 11.5 Å². The van der Waals surface area contributed by atoms with E-state index in [2.05, 4.69) is 10.4 Å². The Kier molecular flexibility index (Phi) is 5.26. The van der Waals surface area contributed by atoms with E-state index in [-0.39, 0.29) is 5.91 Å². The quantitative estimate of drug-likeness (QED) is 0.794. The molecular weight excluding hydrogens is 318 g/mol. The average molecular weight is 343 g/mol. The molecule has 0 radical (unpaired) electrons. The smallest absolute Gasteiger partial charge is 0.256 e. The van der Waals surface area contributed by atoms with E-state index in [1.165, 1.54) is 12.8 Å². The van der Waals surface area contributed by atoms with Crippen LogP contribution >= 0.6 is 0 Å². The van der Waals surface area contributed by atoms with Crippen LogP contribution in [0.25, 0.3) is 0 Å². The van der Waals surface area contributed by atoms with Gasteiger partial charge in [-0.1, -0.05) is 0 Å². The van der Waals surface area contributed by atoms with Crippen LogP contribution in [-0.2, 0) is 6.54 Å². The Bertz CT molecular complexity index is 750. The van der Waals surface area contributed by atoms with Gasteiger partial charge in [-0.25, -0.2) is 4.68 Å². The number of benzene rings is 1. The molecule has 1 aromatic carbocycles.